The monoisotopic (exact) mass is 304 g/mol. The molecule has 2 N–H and O–H groups in total. The quantitative estimate of drug-likeness (QED) is 0.927. The number of nitrogens with zero attached hydrogens (tertiary/aromatic N) is 1. The molecular weight excluding hydrogens is 285 g/mol. The van der Waals surface area contributed by atoms with Crippen LogP contribution >= 0.6 is 0 Å². The van der Waals surface area contributed by atoms with E-state index in [0.717, 1.165) is 16.9 Å². The van der Waals surface area contributed by atoms with Crippen LogP contribution < -0.4 is 15.2 Å². The molecule has 2 rings (SSSR count). The Balaban J connectivity index is 2.02. The highest BCUT2D eigenvalue weighted by Crippen LogP contribution is 2.32. The summed E-state index contributed by atoms with van der Waals surface area (Å²) in [7, 11) is 1.40. The maximum absolute atomic E-state index is 12.3. The SMILES string of the molecule is CN(CC(N)c1ccc2c(c1)OCCCO2)CC(F)(F)F. The van der Waals surface area contributed by atoms with Gasteiger partial charge in [-0.3, -0.25) is 4.90 Å². The molecule has 0 saturated carbocycles. The van der Waals surface area contributed by atoms with E-state index in [4.69, 9.17) is 15.2 Å². The Morgan fingerprint density at radius 3 is 2.57 bits per heavy atom. The first-order chi connectivity index (χ1) is 9.85. The number of halogens is 3. The Kier molecular flexibility index (Phi) is 4.95. The fraction of sp³-hybridized carbons (Fsp3) is 0.571. The van der Waals surface area contributed by atoms with Crippen molar-refractivity contribution in [1.82, 2.24) is 4.90 Å². The molecule has 1 aliphatic heterocycles. The Bertz CT molecular complexity index is 480. The second-order valence-corrected chi connectivity index (χ2v) is 5.18. The lowest BCUT2D eigenvalue weighted by atomic mass is 10.1. The first kappa shape index (κ1) is 15.9. The maximum atomic E-state index is 12.3. The van der Waals surface area contributed by atoms with E-state index < -0.39 is 18.8 Å². The Labute approximate surface area is 121 Å². The van der Waals surface area contributed by atoms with Crippen molar-refractivity contribution in [1.29, 1.82) is 0 Å². The molecule has 0 fully saturated rings. The first-order valence-corrected chi connectivity index (χ1v) is 6.75. The molecule has 118 valence electrons. The number of likely N-dealkylation sites (N-methyl/N-ethyl adjacent to an activating group) is 1. The van der Waals surface area contributed by atoms with E-state index in [1.54, 1.807) is 18.2 Å². The van der Waals surface area contributed by atoms with Crippen molar-refractivity contribution < 1.29 is 22.6 Å². The van der Waals surface area contributed by atoms with Gasteiger partial charge in [0.2, 0.25) is 0 Å². The number of ether oxygens (including phenoxy) is 2. The summed E-state index contributed by atoms with van der Waals surface area (Å²) >= 11 is 0. The van der Waals surface area contributed by atoms with Gasteiger partial charge in [0.1, 0.15) is 0 Å². The van der Waals surface area contributed by atoms with Crippen LogP contribution in [0.2, 0.25) is 0 Å². The average Bonchev–Trinajstić information content (AvgIpc) is 2.60. The zero-order chi connectivity index (χ0) is 15.5. The summed E-state index contributed by atoms with van der Waals surface area (Å²) in [4.78, 5) is 1.16. The third-order valence-electron chi connectivity index (χ3n) is 3.16. The highest BCUT2D eigenvalue weighted by atomic mass is 19.4. The van der Waals surface area contributed by atoms with Gasteiger partial charge < -0.3 is 15.2 Å². The molecule has 7 heteroatoms. The number of hydrogen-bond donors (Lipinski definition) is 1. The lowest BCUT2D eigenvalue weighted by molar-refractivity contribution is -0.143. The zero-order valence-electron chi connectivity index (χ0n) is 11.8. The number of fused-ring (bicyclic) bond motifs is 1. The number of rotatable bonds is 4. The number of benzene rings is 1. The summed E-state index contributed by atoms with van der Waals surface area (Å²) in [6.07, 6.45) is -3.43. The van der Waals surface area contributed by atoms with E-state index in [1.165, 1.54) is 7.05 Å². The highest BCUT2D eigenvalue weighted by molar-refractivity contribution is 5.44. The number of alkyl halides is 3. The Hall–Kier alpha value is -1.47. The predicted octanol–water partition coefficient (Wildman–Crippen LogP) is 2.34. The lowest BCUT2D eigenvalue weighted by Gasteiger charge is -2.23. The summed E-state index contributed by atoms with van der Waals surface area (Å²) in [6.45, 7) is 0.275. The third kappa shape index (κ3) is 4.78. The molecular formula is C14H19F3N2O2. The van der Waals surface area contributed by atoms with E-state index in [1.807, 2.05) is 0 Å². The minimum absolute atomic E-state index is 0.110. The first-order valence-electron chi connectivity index (χ1n) is 6.75. The summed E-state index contributed by atoms with van der Waals surface area (Å²) in [5.74, 6) is 1.24. The van der Waals surface area contributed by atoms with Gasteiger partial charge in [0.05, 0.1) is 19.8 Å². The molecule has 1 heterocycles. The van der Waals surface area contributed by atoms with E-state index in [2.05, 4.69) is 0 Å². The highest BCUT2D eigenvalue weighted by Gasteiger charge is 2.29. The van der Waals surface area contributed by atoms with Crippen LogP contribution in [-0.4, -0.2) is 44.4 Å². The van der Waals surface area contributed by atoms with E-state index >= 15 is 0 Å². The molecule has 1 aromatic carbocycles. The van der Waals surface area contributed by atoms with Gasteiger partial charge in [-0.15, -0.1) is 0 Å². The van der Waals surface area contributed by atoms with Gasteiger partial charge in [0.25, 0.3) is 0 Å². The van der Waals surface area contributed by atoms with E-state index in [-0.39, 0.29) is 6.54 Å². The van der Waals surface area contributed by atoms with Crippen LogP contribution in [-0.2, 0) is 0 Å². The van der Waals surface area contributed by atoms with E-state index in [0.29, 0.717) is 24.7 Å². The van der Waals surface area contributed by atoms with Gasteiger partial charge in [0, 0.05) is 19.0 Å². The summed E-state index contributed by atoms with van der Waals surface area (Å²) in [5, 5.41) is 0. The molecule has 0 spiro atoms. The van der Waals surface area contributed by atoms with Crippen LogP contribution in [0.5, 0.6) is 11.5 Å². The summed E-state index contributed by atoms with van der Waals surface area (Å²) in [5.41, 5.74) is 6.71. The van der Waals surface area contributed by atoms with Gasteiger partial charge in [-0.25, -0.2) is 0 Å². The van der Waals surface area contributed by atoms with Crippen molar-refractivity contribution in [3.05, 3.63) is 23.8 Å². The molecule has 1 atom stereocenters. The lowest BCUT2D eigenvalue weighted by Crippen LogP contribution is -2.36. The molecule has 0 saturated heterocycles. The molecule has 0 radical (unpaired) electrons. The number of hydrogen-bond acceptors (Lipinski definition) is 4. The van der Waals surface area contributed by atoms with Crippen LogP contribution in [0.25, 0.3) is 0 Å². The molecule has 0 bridgehead atoms. The molecule has 1 aliphatic rings. The minimum Gasteiger partial charge on any atom is -0.490 e. The van der Waals surface area contributed by atoms with Crippen molar-refractivity contribution in [2.45, 2.75) is 18.6 Å². The third-order valence-corrected chi connectivity index (χ3v) is 3.16. The second kappa shape index (κ2) is 6.53. The smallest absolute Gasteiger partial charge is 0.401 e. The van der Waals surface area contributed by atoms with Gasteiger partial charge in [-0.1, -0.05) is 6.07 Å². The van der Waals surface area contributed by atoms with Gasteiger partial charge >= 0.3 is 6.18 Å². The maximum Gasteiger partial charge on any atom is 0.401 e. The second-order valence-electron chi connectivity index (χ2n) is 5.18. The molecule has 21 heavy (non-hydrogen) atoms. The van der Waals surface area contributed by atoms with Crippen LogP contribution in [0.1, 0.15) is 18.0 Å². The van der Waals surface area contributed by atoms with Crippen molar-refractivity contribution in [3.8, 4) is 11.5 Å². The van der Waals surface area contributed by atoms with Gasteiger partial charge in [-0.2, -0.15) is 13.2 Å². The number of nitrogens with two attached hydrogens (primary N) is 1. The topological polar surface area (TPSA) is 47.7 Å². The molecule has 0 aromatic heterocycles. The molecule has 1 unspecified atom stereocenters. The van der Waals surface area contributed by atoms with Crippen molar-refractivity contribution in [3.63, 3.8) is 0 Å². The molecule has 0 aliphatic carbocycles. The normalized spacial score (nSPS) is 16.7. The van der Waals surface area contributed by atoms with Gasteiger partial charge in [0.15, 0.2) is 11.5 Å². The molecule has 0 amide bonds. The predicted molar refractivity (Wildman–Crippen MR) is 72.5 cm³/mol. The Morgan fingerprint density at radius 1 is 1.24 bits per heavy atom. The van der Waals surface area contributed by atoms with Crippen LogP contribution in [0.4, 0.5) is 13.2 Å². The largest absolute Gasteiger partial charge is 0.490 e. The van der Waals surface area contributed by atoms with Crippen molar-refractivity contribution >= 4 is 0 Å². The standard InChI is InChI=1S/C14H19F3N2O2/c1-19(9-14(15,16)17)8-11(18)10-3-4-12-13(7-10)21-6-2-5-20-12/h3-4,7,11H,2,5-6,8-9,18H2,1H3. The van der Waals surface area contributed by atoms with Crippen molar-refractivity contribution in [2.75, 3.05) is 33.4 Å². The summed E-state index contributed by atoms with van der Waals surface area (Å²) in [6, 6.07) is 4.74. The fourth-order valence-corrected chi connectivity index (χ4v) is 2.22. The zero-order valence-corrected chi connectivity index (χ0v) is 11.8. The van der Waals surface area contributed by atoms with Crippen LogP contribution in [0, 0.1) is 0 Å². The van der Waals surface area contributed by atoms with E-state index in [9.17, 15) is 13.2 Å². The van der Waals surface area contributed by atoms with Crippen molar-refractivity contribution in [2.24, 2.45) is 5.73 Å². The van der Waals surface area contributed by atoms with Crippen LogP contribution in [0.3, 0.4) is 0 Å². The van der Waals surface area contributed by atoms with Crippen LogP contribution in [0.15, 0.2) is 18.2 Å². The average molecular weight is 304 g/mol. The molecule has 4 nitrogen and oxygen atoms in total. The Morgan fingerprint density at radius 2 is 1.90 bits per heavy atom. The fourth-order valence-electron chi connectivity index (χ4n) is 2.22. The molecule has 1 aromatic rings. The van der Waals surface area contributed by atoms with Gasteiger partial charge in [-0.05, 0) is 24.7 Å². The summed E-state index contributed by atoms with van der Waals surface area (Å²) < 4.78 is 48.0. The minimum atomic E-state index is -4.22.